The van der Waals surface area contributed by atoms with Crippen LogP contribution < -0.4 is 4.74 Å². The number of fused-ring (bicyclic) bond motifs is 1. The molecule has 2 N–H and O–H groups in total. The van der Waals surface area contributed by atoms with Crippen LogP contribution in [0.3, 0.4) is 0 Å². The summed E-state index contributed by atoms with van der Waals surface area (Å²) in [5, 5.41) is 19.5. The third-order valence-corrected chi connectivity index (χ3v) is 3.26. The van der Waals surface area contributed by atoms with Crippen LogP contribution in [0.5, 0.6) is 11.5 Å². The molecule has 2 aromatic rings. The minimum absolute atomic E-state index is 0.146. The second-order valence-electron chi connectivity index (χ2n) is 4.64. The number of rotatable bonds is 1. The molecule has 0 fully saturated rings. The molecule has 0 aliphatic carbocycles. The van der Waals surface area contributed by atoms with Gasteiger partial charge in [-0.15, -0.1) is 0 Å². The Balaban J connectivity index is 1.96. The summed E-state index contributed by atoms with van der Waals surface area (Å²) in [4.78, 5) is 0. The topological polar surface area (TPSA) is 49.7 Å². The van der Waals surface area contributed by atoms with Crippen LogP contribution in [0.2, 0.25) is 0 Å². The van der Waals surface area contributed by atoms with Gasteiger partial charge in [-0.25, -0.2) is 4.39 Å². The maximum absolute atomic E-state index is 13.3. The third-order valence-electron chi connectivity index (χ3n) is 3.26. The van der Waals surface area contributed by atoms with Gasteiger partial charge in [-0.3, -0.25) is 0 Å². The molecule has 98 valence electrons. The minimum atomic E-state index is -0.652. The Labute approximate surface area is 109 Å². The van der Waals surface area contributed by atoms with Gasteiger partial charge >= 0.3 is 0 Å². The number of ether oxygens (including phenoxy) is 1. The van der Waals surface area contributed by atoms with Crippen molar-refractivity contribution in [3.05, 3.63) is 59.4 Å². The average Bonchev–Trinajstić information content (AvgIpc) is 2.37. The van der Waals surface area contributed by atoms with Crippen molar-refractivity contribution in [2.75, 3.05) is 0 Å². The van der Waals surface area contributed by atoms with E-state index in [0.717, 1.165) is 11.6 Å². The van der Waals surface area contributed by atoms with Crippen molar-refractivity contribution in [1.82, 2.24) is 0 Å². The number of halogens is 1. The summed E-state index contributed by atoms with van der Waals surface area (Å²) in [7, 11) is 0. The van der Waals surface area contributed by atoms with E-state index in [-0.39, 0.29) is 5.75 Å². The van der Waals surface area contributed by atoms with Crippen molar-refractivity contribution < 1.29 is 19.3 Å². The molecule has 4 heteroatoms. The lowest BCUT2D eigenvalue weighted by Crippen LogP contribution is -2.19. The summed E-state index contributed by atoms with van der Waals surface area (Å²) in [6.07, 6.45) is -0.785. The second-order valence-corrected chi connectivity index (χ2v) is 4.64. The van der Waals surface area contributed by atoms with E-state index in [2.05, 4.69) is 0 Å². The summed E-state index contributed by atoms with van der Waals surface area (Å²) in [6.45, 7) is 0. The molecule has 1 aliphatic rings. The first-order chi connectivity index (χ1) is 9.13. The fraction of sp³-hybridized carbons (Fsp3) is 0.200. The monoisotopic (exact) mass is 260 g/mol. The number of aliphatic hydroxyl groups excluding tert-OH is 1. The van der Waals surface area contributed by atoms with Crippen molar-refractivity contribution in [1.29, 1.82) is 0 Å². The van der Waals surface area contributed by atoms with Gasteiger partial charge in [-0.2, -0.15) is 0 Å². The number of phenols is 1. The fourth-order valence-corrected chi connectivity index (χ4v) is 2.38. The lowest BCUT2D eigenvalue weighted by molar-refractivity contribution is 0.0655. The Bertz CT molecular complexity index is 592. The molecule has 1 heterocycles. The molecule has 19 heavy (non-hydrogen) atoms. The molecule has 3 rings (SSSR count). The molecule has 0 radical (unpaired) electrons. The predicted molar refractivity (Wildman–Crippen MR) is 67.5 cm³/mol. The van der Waals surface area contributed by atoms with Crippen molar-refractivity contribution in [3.63, 3.8) is 0 Å². The van der Waals surface area contributed by atoms with Crippen LogP contribution in [0.4, 0.5) is 4.39 Å². The molecule has 0 saturated carbocycles. The summed E-state index contributed by atoms with van der Waals surface area (Å²) < 4.78 is 19.1. The molecular weight excluding hydrogens is 247 g/mol. The van der Waals surface area contributed by atoms with Crippen LogP contribution in [-0.2, 0) is 0 Å². The zero-order chi connectivity index (χ0) is 13.4. The Morgan fingerprint density at radius 1 is 1.16 bits per heavy atom. The summed E-state index contributed by atoms with van der Waals surface area (Å²) >= 11 is 0. The SMILES string of the molecule is Oc1cc(F)cc(C2C[C@H](O)c3ccccc3O2)c1. The van der Waals surface area contributed by atoms with Gasteiger partial charge in [0.15, 0.2) is 0 Å². The van der Waals surface area contributed by atoms with E-state index in [1.807, 2.05) is 12.1 Å². The van der Waals surface area contributed by atoms with Crippen LogP contribution in [-0.4, -0.2) is 10.2 Å². The molecule has 0 aromatic heterocycles. The molecule has 0 bridgehead atoms. The van der Waals surface area contributed by atoms with Gasteiger partial charge in [0, 0.05) is 18.1 Å². The highest BCUT2D eigenvalue weighted by molar-refractivity contribution is 5.39. The molecule has 0 saturated heterocycles. The number of phenolic OH excluding ortho intramolecular Hbond substituents is 1. The summed E-state index contributed by atoms with van der Waals surface area (Å²) in [5.41, 5.74) is 1.26. The first-order valence-corrected chi connectivity index (χ1v) is 6.06. The van der Waals surface area contributed by atoms with Crippen molar-refractivity contribution in [2.24, 2.45) is 0 Å². The largest absolute Gasteiger partial charge is 0.508 e. The average molecular weight is 260 g/mol. The number of para-hydroxylation sites is 1. The van der Waals surface area contributed by atoms with Gasteiger partial charge in [-0.1, -0.05) is 18.2 Å². The zero-order valence-corrected chi connectivity index (χ0v) is 10.1. The van der Waals surface area contributed by atoms with Crippen molar-refractivity contribution in [2.45, 2.75) is 18.6 Å². The molecule has 3 nitrogen and oxygen atoms in total. The maximum atomic E-state index is 13.3. The van der Waals surface area contributed by atoms with Crippen LogP contribution >= 0.6 is 0 Å². The van der Waals surface area contributed by atoms with E-state index in [0.29, 0.717) is 17.7 Å². The smallest absolute Gasteiger partial charge is 0.127 e. The van der Waals surface area contributed by atoms with E-state index in [1.165, 1.54) is 12.1 Å². The van der Waals surface area contributed by atoms with E-state index in [9.17, 15) is 14.6 Å². The summed E-state index contributed by atoms with van der Waals surface area (Å²) in [5.74, 6) is -0.0751. The Hall–Kier alpha value is -2.07. The quantitative estimate of drug-likeness (QED) is 0.828. The van der Waals surface area contributed by atoms with E-state index < -0.39 is 18.0 Å². The van der Waals surface area contributed by atoms with E-state index in [4.69, 9.17) is 4.74 Å². The molecular formula is C15H13FO3. The first-order valence-electron chi connectivity index (χ1n) is 6.06. The number of aliphatic hydroxyl groups is 1. The number of aromatic hydroxyl groups is 1. The van der Waals surface area contributed by atoms with Gasteiger partial charge in [-0.05, 0) is 23.8 Å². The highest BCUT2D eigenvalue weighted by Gasteiger charge is 2.28. The molecule has 1 aliphatic heterocycles. The number of hydrogen-bond acceptors (Lipinski definition) is 3. The highest BCUT2D eigenvalue weighted by atomic mass is 19.1. The lowest BCUT2D eigenvalue weighted by Gasteiger charge is -2.29. The Kier molecular flexibility index (Phi) is 2.87. The van der Waals surface area contributed by atoms with Crippen molar-refractivity contribution >= 4 is 0 Å². The normalized spacial score (nSPS) is 21.6. The van der Waals surface area contributed by atoms with Gasteiger partial charge in [0.1, 0.15) is 23.4 Å². The Morgan fingerprint density at radius 2 is 1.95 bits per heavy atom. The van der Waals surface area contributed by atoms with Crippen LogP contribution in [0.1, 0.15) is 29.8 Å². The fourth-order valence-electron chi connectivity index (χ4n) is 2.38. The summed E-state index contributed by atoms with van der Waals surface area (Å²) in [6, 6.07) is 11.0. The molecule has 0 spiro atoms. The van der Waals surface area contributed by atoms with Crippen LogP contribution in [0.25, 0.3) is 0 Å². The molecule has 1 unspecified atom stereocenters. The highest BCUT2D eigenvalue weighted by Crippen LogP contribution is 2.41. The molecule has 2 aromatic carbocycles. The zero-order valence-electron chi connectivity index (χ0n) is 10.1. The Morgan fingerprint density at radius 3 is 2.74 bits per heavy atom. The lowest BCUT2D eigenvalue weighted by atomic mass is 9.95. The van der Waals surface area contributed by atoms with E-state index >= 15 is 0 Å². The second kappa shape index (κ2) is 4.55. The first kappa shape index (κ1) is 12.0. The standard InChI is InChI=1S/C15H13FO3/c16-10-5-9(6-11(17)7-10)15-8-13(18)12-3-1-2-4-14(12)19-15/h1-7,13,15,17-18H,8H2/t13-,15?/m0/s1. The third kappa shape index (κ3) is 2.27. The van der Waals surface area contributed by atoms with Crippen LogP contribution in [0, 0.1) is 5.82 Å². The van der Waals surface area contributed by atoms with Crippen molar-refractivity contribution in [3.8, 4) is 11.5 Å². The molecule has 2 atom stereocenters. The van der Waals surface area contributed by atoms with E-state index in [1.54, 1.807) is 12.1 Å². The predicted octanol–water partition coefficient (Wildman–Crippen LogP) is 3.09. The van der Waals surface area contributed by atoms with Gasteiger partial charge in [0.25, 0.3) is 0 Å². The van der Waals surface area contributed by atoms with Gasteiger partial charge < -0.3 is 14.9 Å². The van der Waals surface area contributed by atoms with Crippen LogP contribution in [0.15, 0.2) is 42.5 Å². The number of benzene rings is 2. The van der Waals surface area contributed by atoms with Gasteiger partial charge in [0.05, 0.1) is 6.10 Å². The maximum Gasteiger partial charge on any atom is 0.127 e. The molecule has 0 amide bonds. The minimum Gasteiger partial charge on any atom is -0.508 e. The number of hydrogen-bond donors (Lipinski definition) is 2. The van der Waals surface area contributed by atoms with Gasteiger partial charge in [0.2, 0.25) is 0 Å².